The van der Waals surface area contributed by atoms with E-state index in [1.54, 1.807) is 18.2 Å². The molecule has 1 aliphatic heterocycles. The minimum Gasteiger partial charge on any atom is -0.468 e. The van der Waals surface area contributed by atoms with Gasteiger partial charge < -0.3 is 4.74 Å². The highest BCUT2D eigenvalue weighted by atomic mass is 16.6. The number of benzene rings is 2. The van der Waals surface area contributed by atoms with Gasteiger partial charge in [0.15, 0.2) is 0 Å². The second kappa shape index (κ2) is 6.00. The summed E-state index contributed by atoms with van der Waals surface area (Å²) in [7, 11) is 1.31. The molecule has 1 heterocycles. The molecular formula is C17H14N2O4. The van der Waals surface area contributed by atoms with Crippen molar-refractivity contribution in [1.82, 2.24) is 0 Å². The van der Waals surface area contributed by atoms with Gasteiger partial charge in [0.25, 0.3) is 5.69 Å². The molecule has 0 saturated carbocycles. The van der Waals surface area contributed by atoms with E-state index in [2.05, 4.69) is 4.99 Å². The van der Waals surface area contributed by atoms with Crippen molar-refractivity contribution in [3.8, 4) is 0 Å². The molecule has 6 heteroatoms. The molecule has 0 aliphatic carbocycles. The molecule has 0 N–H and O–H groups in total. The summed E-state index contributed by atoms with van der Waals surface area (Å²) in [4.78, 5) is 27.5. The van der Waals surface area contributed by atoms with Crippen molar-refractivity contribution in [2.45, 2.75) is 6.42 Å². The maximum absolute atomic E-state index is 12.2. The average molecular weight is 310 g/mol. The van der Waals surface area contributed by atoms with Crippen LogP contribution in [0.1, 0.15) is 11.1 Å². The Hall–Kier alpha value is -3.02. The van der Waals surface area contributed by atoms with Crippen molar-refractivity contribution in [3.05, 3.63) is 69.8 Å². The molecule has 1 aliphatic rings. The fourth-order valence-electron chi connectivity index (χ4n) is 2.75. The number of methoxy groups -OCH3 is 1. The minimum absolute atomic E-state index is 0.0699. The topological polar surface area (TPSA) is 81.8 Å². The fourth-order valence-corrected chi connectivity index (χ4v) is 2.75. The average Bonchev–Trinajstić information content (AvgIpc) is 2.59. The number of nitro benzene ring substituents is 1. The quantitative estimate of drug-likeness (QED) is 0.495. The van der Waals surface area contributed by atoms with Crippen LogP contribution < -0.4 is 0 Å². The molecule has 0 saturated heterocycles. The van der Waals surface area contributed by atoms with E-state index in [-0.39, 0.29) is 5.69 Å². The number of aliphatic imine (C=N–C) groups is 1. The zero-order valence-corrected chi connectivity index (χ0v) is 12.4. The first-order chi connectivity index (χ1) is 11.1. The Bertz CT molecular complexity index is 814. The predicted molar refractivity (Wildman–Crippen MR) is 84.9 cm³/mol. The van der Waals surface area contributed by atoms with E-state index >= 15 is 0 Å². The molecule has 0 fully saturated rings. The lowest BCUT2D eigenvalue weighted by atomic mass is 9.86. The Morgan fingerprint density at radius 1 is 1.22 bits per heavy atom. The van der Waals surface area contributed by atoms with Crippen LogP contribution >= 0.6 is 0 Å². The summed E-state index contributed by atoms with van der Waals surface area (Å²) in [5, 5.41) is 11.3. The fraction of sp³-hybridized carbons (Fsp3) is 0.176. The van der Waals surface area contributed by atoms with Crippen molar-refractivity contribution in [3.63, 3.8) is 0 Å². The summed E-state index contributed by atoms with van der Waals surface area (Å²) in [6.07, 6.45) is 0.410. The summed E-state index contributed by atoms with van der Waals surface area (Å²) >= 11 is 0. The van der Waals surface area contributed by atoms with E-state index in [1.807, 2.05) is 24.3 Å². The van der Waals surface area contributed by atoms with E-state index in [9.17, 15) is 14.9 Å². The van der Waals surface area contributed by atoms with Gasteiger partial charge in [-0.2, -0.15) is 0 Å². The first-order valence-electron chi connectivity index (χ1n) is 7.10. The third kappa shape index (κ3) is 2.70. The summed E-state index contributed by atoms with van der Waals surface area (Å²) in [6.45, 7) is 0. The van der Waals surface area contributed by atoms with Crippen LogP contribution in [-0.2, 0) is 16.0 Å². The van der Waals surface area contributed by atoms with E-state index in [4.69, 9.17) is 4.74 Å². The second-order valence-electron chi connectivity index (χ2n) is 5.18. The number of carbonyl (C=O) groups excluding carboxylic acids is 1. The number of fused-ring (bicyclic) bond motifs is 1. The van der Waals surface area contributed by atoms with Crippen molar-refractivity contribution >= 4 is 23.1 Å². The molecule has 2 aromatic rings. The molecule has 116 valence electrons. The largest absolute Gasteiger partial charge is 0.468 e. The maximum atomic E-state index is 12.2. The van der Waals surface area contributed by atoms with Crippen LogP contribution in [0, 0.1) is 16.0 Å². The third-order valence-electron chi connectivity index (χ3n) is 3.85. The second-order valence-corrected chi connectivity index (χ2v) is 5.18. The lowest BCUT2D eigenvalue weighted by Crippen LogP contribution is -2.30. The molecule has 3 rings (SSSR count). The molecule has 0 amide bonds. The predicted octanol–water partition coefficient (Wildman–Crippen LogP) is 3.06. The number of nitro groups is 1. The van der Waals surface area contributed by atoms with Gasteiger partial charge in [-0.15, -0.1) is 0 Å². The molecule has 0 aromatic heterocycles. The van der Waals surface area contributed by atoms with Gasteiger partial charge in [-0.3, -0.25) is 19.9 Å². The van der Waals surface area contributed by atoms with Crippen LogP contribution in [0.2, 0.25) is 0 Å². The van der Waals surface area contributed by atoms with Crippen molar-refractivity contribution in [2.24, 2.45) is 10.9 Å². The number of rotatable bonds is 3. The van der Waals surface area contributed by atoms with Gasteiger partial charge in [0.05, 0.1) is 29.0 Å². The van der Waals surface area contributed by atoms with Crippen LogP contribution in [-0.4, -0.2) is 23.7 Å². The SMILES string of the molecule is COC(=O)C1Cc2ccccc2N=C1c1ccccc1[N+](=O)[O-]. The Morgan fingerprint density at radius 2 is 1.91 bits per heavy atom. The number of hydrogen-bond donors (Lipinski definition) is 0. The van der Waals surface area contributed by atoms with E-state index in [1.165, 1.54) is 13.2 Å². The number of hydrogen-bond acceptors (Lipinski definition) is 5. The highest BCUT2D eigenvalue weighted by Crippen LogP contribution is 2.33. The Morgan fingerprint density at radius 3 is 2.65 bits per heavy atom. The molecule has 1 atom stereocenters. The van der Waals surface area contributed by atoms with Gasteiger partial charge in [0.1, 0.15) is 5.92 Å². The third-order valence-corrected chi connectivity index (χ3v) is 3.85. The molecular weight excluding hydrogens is 296 g/mol. The zero-order valence-electron chi connectivity index (χ0n) is 12.4. The van der Waals surface area contributed by atoms with Gasteiger partial charge in [0, 0.05) is 6.07 Å². The lowest BCUT2D eigenvalue weighted by molar-refractivity contribution is -0.385. The van der Waals surface area contributed by atoms with Crippen LogP contribution in [0.15, 0.2) is 53.5 Å². The normalized spacial score (nSPS) is 16.2. The van der Waals surface area contributed by atoms with E-state index in [0.29, 0.717) is 17.7 Å². The number of para-hydroxylation sites is 2. The van der Waals surface area contributed by atoms with Gasteiger partial charge in [-0.05, 0) is 24.1 Å². The molecule has 23 heavy (non-hydrogen) atoms. The zero-order chi connectivity index (χ0) is 16.4. The Balaban J connectivity index is 2.19. The minimum atomic E-state index is -0.656. The first-order valence-corrected chi connectivity index (χ1v) is 7.10. The Labute approximate surface area is 132 Å². The van der Waals surface area contributed by atoms with Crippen molar-refractivity contribution in [2.75, 3.05) is 7.11 Å². The summed E-state index contributed by atoms with van der Waals surface area (Å²) < 4.78 is 4.87. The molecule has 2 aromatic carbocycles. The number of carbonyl (C=O) groups is 1. The summed E-state index contributed by atoms with van der Waals surface area (Å²) in [6, 6.07) is 13.7. The Kier molecular flexibility index (Phi) is 3.89. The van der Waals surface area contributed by atoms with Crippen LogP contribution in [0.25, 0.3) is 0 Å². The van der Waals surface area contributed by atoms with E-state index < -0.39 is 16.8 Å². The van der Waals surface area contributed by atoms with Gasteiger partial charge in [-0.1, -0.05) is 30.3 Å². The highest BCUT2D eigenvalue weighted by Gasteiger charge is 2.34. The van der Waals surface area contributed by atoms with Crippen LogP contribution in [0.4, 0.5) is 11.4 Å². The van der Waals surface area contributed by atoms with Crippen molar-refractivity contribution in [1.29, 1.82) is 0 Å². The standard InChI is InChI=1S/C17H14N2O4/c1-23-17(20)13-10-11-6-2-4-8-14(11)18-16(13)12-7-3-5-9-15(12)19(21)22/h2-9,13H,10H2,1H3. The molecule has 0 spiro atoms. The first kappa shape index (κ1) is 14.9. The molecule has 0 radical (unpaired) electrons. The summed E-state index contributed by atoms with van der Waals surface area (Å²) in [5.41, 5.74) is 2.30. The number of nitrogens with zero attached hydrogens (tertiary/aromatic N) is 2. The van der Waals surface area contributed by atoms with Gasteiger partial charge in [-0.25, -0.2) is 0 Å². The highest BCUT2D eigenvalue weighted by molar-refractivity contribution is 6.15. The maximum Gasteiger partial charge on any atom is 0.315 e. The summed E-state index contributed by atoms with van der Waals surface area (Å²) in [5.74, 6) is -1.10. The number of esters is 1. The van der Waals surface area contributed by atoms with Crippen molar-refractivity contribution < 1.29 is 14.5 Å². The monoisotopic (exact) mass is 310 g/mol. The molecule has 1 unspecified atom stereocenters. The smallest absolute Gasteiger partial charge is 0.315 e. The lowest BCUT2D eigenvalue weighted by Gasteiger charge is -2.23. The van der Waals surface area contributed by atoms with Gasteiger partial charge in [0.2, 0.25) is 0 Å². The van der Waals surface area contributed by atoms with Crippen LogP contribution in [0.5, 0.6) is 0 Å². The van der Waals surface area contributed by atoms with E-state index in [0.717, 1.165) is 11.3 Å². The molecule has 0 bridgehead atoms. The van der Waals surface area contributed by atoms with Crippen LogP contribution in [0.3, 0.4) is 0 Å². The van der Waals surface area contributed by atoms with Gasteiger partial charge >= 0.3 is 5.97 Å². The molecule has 6 nitrogen and oxygen atoms in total. The number of ether oxygens (including phenoxy) is 1.